The van der Waals surface area contributed by atoms with Crippen molar-refractivity contribution in [3.05, 3.63) is 66.1 Å². The molecule has 3 rings (SSSR count). The van der Waals surface area contributed by atoms with Crippen LogP contribution in [0.1, 0.15) is 5.89 Å². The number of sulfonamides is 1. The van der Waals surface area contributed by atoms with Gasteiger partial charge < -0.3 is 9.15 Å². The summed E-state index contributed by atoms with van der Waals surface area (Å²) in [6, 6.07) is 11.5. The first kappa shape index (κ1) is 19.6. The number of halogens is 2. The van der Waals surface area contributed by atoms with Crippen molar-refractivity contribution >= 4 is 16.0 Å². The quantitative estimate of drug-likeness (QED) is 0.595. The average Bonchev–Trinajstić information content (AvgIpc) is 3.14. The molecule has 0 bridgehead atoms. The van der Waals surface area contributed by atoms with Gasteiger partial charge >= 0.3 is 5.97 Å². The summed E-state index contributed by atoms with van der Waals surface area (Å²) in [7, 11) is -4.58. The lowest BCUT2D eigenvalue weighted by atomic mass is 10.2. The molecule has 146 valence electrons. The minimum Gasteiger partial charge on any atom is -0.455 e. The third-order valence-electron chi connectivity index (χ3n) is 3.44. The lowest BCUT2D eigenvalue weighted by Crippen LogP contribution is -2.31. The van der Waals surface area contributed by atoms with Crippen LogP contribution in [-0.4, -0.2) is 31.1 Å². The molecule has 0 spiro atoms. The van der Waals surface area contributed by atoms with Crippen LogP contribution in [0.25, 0.3) is 11.5 Å². The van der Waals surface area contributed by atoms with Crippen LogP contribution in [-0.2, 0) is 26.2 Å². The van der Waals surface area contributed by atoms with E-state index in [4.69, 9.17) is 9.15 Å². The Balaban J connectivity index is 1.56. The number of aromatic nitrogens is 2. The second kappa shape index (κ2) is 8.23. The van der Waals surface area contributed by atoms with Crippen molar-refractivity contribution < 1.29 is 31.1 Å². The Kier molecular flexibility index (Phi) is 5.76. The maximum atomic E-state index is 13.6. The van der Waals surface area contributed by atoms with Crippen LogP contribution in [0.4, 0.5) is 8.78 Å². The molecular weight excluding hydrogens is 396 g/mol. The topological polar surface area (TPSA) is 111 Å². The van der Waals surface area contributed by atoms with Crippen molar-refractivity contribution in [1.29, 1.82) is 0 Å². The minimum absolute atomic E-state index is 0.00444. The molecule has 11 heteroatoms. The number of nitrogens with one attached hydrogen (secondary N) is 1. The van der Waals surface area contributed by atoms with E-state index < -0.39 is 45.7 Å². The molecule has 0 fully saturated rings. The van der Waals surface area contributed by atoms with Gasteiger partial charge in [0.05, 0.1) is 0 Å². The molecule has 0 radical (unpaired) electrons. The molecule has 0 aliphatic heterocycles. The van der Waals surface area contributed by atoms with Crippen molar-refractivity contribution in [2.45, 2.75) is 11.5 Å². The number of rotatable bonds is 7. The molecule has 1 aromatic heterocycles. The second-order valence-corrected chi connectivity index (χ2v) is 7.11. The first-order valence-corrected chi connectivity index (χ1v) is 9.32. The highest BCUT2D eigenvalue weighted by atomic mass is 32.2. The number of ether oxygens (including phenoxy) is 1. The lowest BCUT2D eigenvalue weighted by molar-refractivity contribution is -0.144. The van der Waals surface area contributed by atoms with Gasteiger partial charge in [0.15, 0.2) is 11.5 Å². The molecule has 0 aliphatic carbocycles. The van der Waals surface area contributed by atoms with Crippen LogP contribution < -0.4 is 4.72 Å². The summed E-state index contributed by atoms with van der Waals surface area (Å²) in [5, 5.41) is 7.52. The summed E-state index contributed by atoms with van der Waals surface area (Å²) < 4.78 is 63.0. The molecule has 0 atom stereocenters. The lowest BCUT2D eigenvalue weighted by Gasteiger charge is -2.08. The summed E-state index contributed by atoms with van der Waals surface area (Å²) in [5.41, 5.74) is 0.673. The number of benzene rings is 2. The predicted molar refractivity (Wildman–Crippen MR) is 91.1 cm³/mol. The average molecular weight is 409 g/mol. The number of hydrogen-bond acceptors (Lipinski definition) is 7. The SMILES string of the molecule is O=C(CNS(=O)(=O)c1c(F)cccc1F)OCc1nnc(-c2ccccc2)o1. The number of nitrogens with zero attached hydrogens (tertiary/aromatic N) is 2. The Bertz CT molecular complexity index is 1070. The molecule has 8 nitrogen and oxygen atoms in total. The monoisotopic (exact) mass is 409 g/mol. The second-order valence-electron chi connectivity index (χ2n) is 5.40. The Morgan fingerprint density at radius 1 is 1.04 bits per heavy atom. The Hall–Kier alpha value is -3.18. The number of hydrogen-bond donors (Lipinski definition) is 1. The van der Waals surface area contributed by atoms with Crippen LogP contribution in [0.5, 0.6) is 0 Å². The van der Waals surface area contributed by atoms with Gasteiger partial charge in [0.2, 0.25) is 15.9 Å². The van der Waals surface area contributed by atoms with Crippen molar-refractivity contribution in [3.63, 3.8) is 0 Å². The van der Waals surface area contributed by atoms with Crippen LogP contribution in [0, 0.1) is 11.6 Å². The molecule has 0 saturated heterocycles. The number of carbonyl (C=O) groups excluding carboxylic acids is 1. The molecule has 0 aliphatic rings. The predicted octanol–water partition coefficient (Wildman–Crippen LogP) is 2.04. The van der Waals surface area contributed by atoms with E-state index in [-0.39, 0.29) is 11.8 Å². The third-order valence-corrected chi connectivity index (χ3v) is 4.89. The zero-order valence-electron chi connectivity index (χ0n) is 14.1. The van der Waals surface area contributed by atoms with Crippen LogP contribution in [0.2, 0.25) is 0 Å². The highest BCUT2D eigenvalue weighted by Crippen LogP contribution is 2.18. The molecule has 1 heterocycles. The fourth-order valence-electron chi connectivity index (χ4n) is 2.17. The van der Waals surface area contributed by atoms with Crippen LogP contribution in [0.3, 0.4) is 0 Å². The molecular formula is C17H13F2N3O5S. The molecule has 0 unspecified atom stereocenters. The first-order valence-electron chi connectivity index (χ1n) is 7.84. The van der Waals surface area contributed by atoms with E-state index in [1.807, 2.05) is 6.07 Å². The van der Waals surface area contributed by atoms with Gasteiger partial charge in [-0.2, -0.15) is 4.72 Å². The van der Waals surface area contributed by atoms with E-state index in [9.17, 15) is 22.0 Å². The van der Waals surface area contributed by atoms with Crippen molar-refractivity contribution in [3.8, 4) is 11.5 Å². The maximum Gasteiger partial charge on any atom is 0.321 e. The summed E-state index contributed by atoms with van der Waals surface area (Å²) >= 11 is 0. The maximum absolute atomic E-state index is 13.6. The van der Waals surface area contributed by atoms with E-state index in [0.29, 0.717) is 5.56 Å². The Labute approximate surface area is 158 Å². The highest BCUT2D eigenvalue weighted by Gasteiger charge is 2.24. The molecule has 0 saturated carbocycles. The van der Waals surface area contributed by atoms with Gasteiger partial charge in [-0.05, 0) is 24.3 Å². The van der Waals surface area contributed by atoms with E-state index in [0.717, 1.165) is 18.2 Å². The molecule has 2 aromatic carbocycles. The molecule has 1 N–H and O–H groups in total. The van der Waals surface area contributed by atoms with Crippen molar-refractivity contribution in [2.24, 2.45) is 0 Å². The van der Waals surface area contributed by atoms with Gasteiger partial charge in [-0.15, -0.1) is 10.2 Å². The molecule has 0 amide bonds. The summed E-state index contributed by atoms with van der Waals surface area (Å²) in [6.45, 7) is -1.23. The Morgan fingerprint density at radius 2 is 1.71 bits per heavy atom. The fourth-order valence-corrected chi connectivity index (χ4v) is 3.27. The zero-order valence-corrected chi connectivity index (χ0v) is 14.9. The van der Waals surface area contributed by atoms with Crippen LogP contribution >= 0.6 is 0 Å². The van der Waals surface area contributed by atoms with E-state index >= 15 is 0 Å². The molecule has 3 aromatic rings. The Morgan fingerprint density at radius 3 is 2.39 bits per heavy atom. The highest BCUT2D eigenvalue weighted by molar-refractivity contribution is 7.89. The van der Waals surface area contributed by atoms with E-state index in [1.165, 1.54) is 0 Å². The summed E-state index contributed by atoms with van der Waals surface area (Å²) in [6.07, 6.45) is 0. The smallest absolute Gasteiger partial charge is 0.321 e. The van der Waals surface area contributed by atoms with Crippen LogP contribution in [0.15, 0.2) is 57.8 Å². The van der Waals surface area contributed by atoms with Crippen molar-refractivity contribution in [1.82, 2.24) is 14.9 Å². The fraction of sp³-hybridized carbons (Fsp3) is 0.118. The summed E-state index contributed by atoms with van der Waals surface area (Å²) in [4.78, 5) is 10.5. The minimum atomic E-state index is -4.58. The van der Waals surface area contributed by atoms with E-state index in [1.54, 1.807) is 29.0 Å². The van der Waals surface area contributed by atoms with Gasteiger partial charge in [-0.1, -0.05) is 24.3 Å². The summed E-state index contributed by atoms with van der Waals surface area (Å²) in [5.74, 6) is -3.34. The third kappa shape index (κ3) is 4.56. The normalized spacial score (nSPS) is 11.4. The first-order chi connectivity index (χ1) is 13.4. The zero-order chi connectivity index (χ0) is 20.1. The molecule has 28 heavy (non-hydrogen) atoms. The van der Waals surface area contributed by atoms with Crippen molar-refractivity contribution in [2.75, 3.05) is 6.54 Å². The van der Waals surface area contributed by atoms with E-state index in [2.05, 4.69) is 10.2 Å². The number of carbonyl (C=O) groups is 1. The standard InChI is InChI=1S/C17H13F2N3O5S/c18-12-7-4-8-13(19)16(12)28(24,25)20-9-15(23)26-10-14-21-22-17(27-14)11-5-2-1-3-6-11/h1-8,20H,9-10H2. The van der Waals surface area contributed by atoms with Gasteiger partial charge in [0.1, 0.15) is 18.2 Å². The van der Waals surface area contributed by atoms with Gasteiger partial charge in [-0.3, -0.25) is 4.79 Å². The van der Waals surface area contributed by atoms with Gasteiger partial charge in [-0.25, -0.2) is 17.2 Å². The number of esters is 1. The van der Waals surface area contributed by atoms with Gasteiger partial charge in [0, 0.05) is 5.56 Å². The van der Waals surface area contributed by atoms with Gasteiger partial charge in [0.25, 0.3) is 5.89 Å². The largest absolute Gasteiger partial charge is 0.455 e.